The van der Waals surface area contributed by atoms with Gasteiger partial charge in [0.15, 0.2) is 5.82 Å². The second-order valence-electron chi connectivity index (χ2n) is 6.96. The summed E-state index contributed by atoms with van der Waals surface area (Å²) in [6.45, 7) is 3.69. The molecule has 0 spiro atoms. The van der Waals surface area contributed by atoms with Crippen molar-refractivity contribution in [3.8, 4) is 11.5 Å². The van der Waals surface area contributed by atoms with Crippen LogP contribution in [0.2, 0.25) is 0 Å². The predicted molar refractivity (Wildman–Crippen MR) is 110 cm³/mol. The number of nitrogens with one attached hydrogen (secondary N) is 1. The van der Waals surface area contributed by atoms with Crippen LogP contribution in [0.1, 0.15) is 35.4 Å². The van der Waals surface area contributed by atoms with E-state index in [1.165, 1.54) is 28.9 Å². The number of imidazole rings is 1. The van der Waals surface area contributed by atoms with Gasteiger partial charge in [0.2, 0.25) is 0 Å². The standard InChI is InChI=1S/C19H22N6.2ClH/c1-3-15-9-14(11-22-17(15)4-1)13-24-8-6-21-19(24)18-10-16-12-20-5-2-7-25(16)23-18;;/h6,8-11,20H,1-5,7,12-13H2;2*1H. The number of nitrogens with zero attached hydrogens (tertiary/aromatic N) is 5. The van der Waals surface area contributed by atoms with Crippen molar-refractivity contribution in [3.63, 3.8) is 0 Å². The maximum absolute atomic E-state index is 4.79. The lowest BCUT2D eigenvalue weighted by molar-refractivity contribution is 0.588. The second-order valence-corrected chi connectivity index (χ2v) is 6.96. The number of hydrogen-bond donors (Lipinski definition) is 1. The average molecular weight is 407 g/mol. The maximum atomic E-state index is 4.79. The lowest BCUT2D eigenvalue weighted by Gasteiger charge is -2.08. The third kappa shape index (κ3) is 3.88. The molecule has 27 heavy (non-hydrogen) atoms. The summed E-state index contributed by atoms with van der Waals surface area (Å²) in [5, 5.41) is 8.24. The van der Waals surface area contributed by atoms with E-state index < -0.39 is 0 Å². The zero-order valence-electron chi connectivity index (χ0n) is 15.1. The maximum Gasteiger partial charge on any atom is 0.160 e. The summed E-state index contributed by atoms with van der Waals surface area (Å²) in [7, 11) is 0. The van der Waals surface area contributed by atoms with Gasteiger partial charge in [-0.3, -0.25) is 9.67 Å². The van der Waals surface area contributed by atoms with Gasteiger partial charge in [0, 0.05) is 37.4 Å². The first kappa shape index (κ1) is 19.9. The molecule has 0 amide bonds. The van der Waals surface area contributed by atoms with Crippen LogP contribution < -0.4 is 5.32 Å². The summed E-state index contributed by atoms with van der Waals surface area (Å²) in [5.41, 5.74) is 6.13. The number of aromatic nitrogens is 5. The molecule has 3 aromatic heterocycles. The van der Waals surface area contributed by atoms with Gasteiger partial charge in [-0.1, -0.05) is 6.07 Å². The van der Waals surface area contributed by atoms with E-state index in [-0.39, 0.29) is 24.8 Å². The summed E-state index contributed by atoms with van der Waals surface area (Å²) in [5.74, 6) is 0.932. The first-order chi connectivity index (χ1) is 12.4. The monoisotopic (exact) mass is 406 g/mol. The number of hydrogen-bond acceptors (Lipinski definition) is 4. The van der Waals surface area contributed by atoms with Crippen LogP contribution in [0.5, 0.6) is 0 Å². The lowest BCUT2D eigenvalue weighted by atomic mass is 10.1. The zero-order valence-corrected chi connectivity index (χ0v) is 16.7. The highest BCUT2D eigenvalue weighted by Gasteiger charge is 2.17. The Kier molecular flexibility index (Phi) is 6.19. The first-order valence-electron chi connectivity index (χ1n) is 9.12. The molecular weight excluding hydrogens is 383 g/mol. The average Bonchev–Trinajstić information content (AvgIpc) is 3.32. The Hall–Kier alpha value is -1.89. The van der Waals surface area contributed by atoms with Crippen LogP contribution >= 0.6 is 24.8 Å². The Bertz CT molecular complexity index is 893. The third-order valence-corrected chi connectivity index (χ3v) is 5.17. The number of fused-ring (bicyclic) bond motifs is 2. The van der Waals surface area contributed by atoms with E-state index >= 15 is 0 Å². The molecule has 6 nitrogen and oxygen atoms in total. The molecule has 8 heteroatoms. The van der Waals surface area contributed by atoms with E-state index in [4.69, 9.17) is 5.10 Å². The normalized spacial score (nSPS) is 15.3. The molecule has 0 saturated carbocycles. The highest BCUT2D eigenvalue weighted by atomic mass is 35.5. The van der Waals surface area contributed by atoms with E-state index in [0.29, 0.717) is 0 Å². The Balaban J connectivity index is 0.00000105. The van der Waals surface area contributed by atoms with Crippen molar-refractivity contribution in [1.29, 1.82) is 0 Å². The summed E-state index contributed by atoms with van der Waals surface area (Å²) in [6, 6.07) is 4.48. The number of rotatable bonds is 3. The number of halogens is 2. The van der Waals surface area contributed by atoms with Gasteiger partial charge in [0.1, 0.15) is 5.69 Å². The van der Waals surface area contributed by atoms with Crippen LogP contribution in [0, 0.1) is 0 Å². The summed E-state index contributed by atoms with van der Waals surface area (Å²) in [6.07, 6.45) is 10.5. The molecule has 0 fully saturated rings. The van der Waals surface area contributed by atoms with Gasteiger partial charge in [0.25, 0.3) is 0 Å². The van der Waals surface area contributed by atoms with Crippen molar-refractivity contribution in [3.05, 3.63) is 53.2 Å². The number of aryl methyl sites for hydroxylation is 3. The molecular formula is C19H24Cl2N6. The first-order valence-corrected chi connectivity index (χ1v) is 9.12. The van der Waals surface area contributed by atoms with Crippen molar-refractivity contribution in [2.45, 2.75) is 45.3 Å². The van der Waals surface area contributed by atoms with E-state index in [1.807, 2.05) is 18.6 Å². The van der Waals surface area contributed by atoms with Crippen LogP contribution in [0.15, 0.2) is 30.7 Å². The highest BCUT2D eigenvalue weighted by molar-refractivity contribution is 5.85. The molecule has 3 aromatic rings. The van der Waals surface area contributed by atoms with Crippen LogP contribution in [0.3, 0.4) is 0 Å². The van der Waals surface area contributed by atoms with Crippen molar-refractivity contribution in [2.75, 3.05) is 6.54 Å². The SMILES string of the molecule is Cl.Cl.c1cn(Cc2cnc3c(c2)CCC3)c(-c2cc3n(n2)CCCNC3)n1. The van der Waals surface area contributed by atoms with Gasteiger partial charge in [-0.05, 0) is 49.4 Å². The largest absolute Gasteiger partial charge is 0.325 e. The van der Waals surface area contributed by atoms with E-state index in [2.05, 4.69) is 36.7 Å². The van der Waals surface area contributed by atoms with E-state index in [0.717, 1.165) is 57.0 Å². The van der Waals surface area contributed by atoms with Gasteiger partial charge in [-0.25, -0.2) is 4.98 Å². The van der Waals surface area contributed by atoms with Gasteiger partial charge in [-0.15, -0.1) is 24.8 Å². The predicted octanol–water partition coefficient (Wildman–Crippen LogP) is 3.02. The van der Waals surface area contributed by atoms with Gasteiger partial charge >= 0.3 is 0 Å². The molecule has 0 aromatic carbocycles. The quantitative estimate of drug-likeness (QED) is 0.725. The Labute approximate surface area is 171 Å². The summed E-state index contributed by atoms with van der Waals surface area (Å²) >= 11 is 0. The minimum atomic E-state index is 0. The molecule has 1 aliphatic heterocycles. The fourth-order valence-corrected chi connectivity index (χ4v) is 3.90. The Morgan fingerprint density at radius 3 is 2.93 bits per heavy atom. The molecule has 2 aliphatic rings. The lowest BCUT2D eigenvalue weighted by Crippen LogP contribution is -2.11. The van der Waals surface area contributed by atoms with Crippen molar-refractivity contribution in [2.24, 2.45) is 0 Å². The fourth-order valence-electron chi connectivity index (χ4n) is 3.90. The van der Waals surface area contributed by atoms with Crippen molar-refractivity contribution in [1.82, 2.24) is 29.6 Å². The summed E-state index contributed by atoms with van der Waals surface area (Å²) < 4.78 is 4.29. The molecule has 0 saturated heterocycles. The third-order valence-electron chi connectivity index (χ3n) is 5.17. The Morgan fingerprint density at radius 1 is 1.07 bits per heavy atom. The number of pyridine rings is 1. The minimum absolute atomic E-state index is 0. The van der Waals surface area contributed by atoms with Crippen LogP contribution in [-0.2, 0) is 32.5 Å². The second kappa shape index (κ2) is 8.42. The van der Waals surface area contributed by atoms with Crippen LogP contribution in [0.25, 0.3) is 11.5 Å². The van der Waals surface area contributed by atoms with Gasteiger partial charge < -0.3 is 9.88 Å². The van der Waals surface area contributed by atoms with Crippen LogP contribution in [-0.4, -0.2) is 30.9 Å². The van der Waals surface area contributed by atoms with Crippen molar-refractivity contribution >= 4 is 24.8 Å². The Morgan fingerprint density at radius 2 is 2.00 bits per heavy atom. The van der Waals surface area contributed by atoms with Gasteiger partial charge in [-0.2, -0.15) is 5.10 Å². The van der Waals surface area contributed by atoms with Crippen molar-refractivity contribution < 1.29 is 0 Å². The molecule has 1 N–H and O–H groups in total. The summed E-state index contributed by atoms with van der Waals surface area (Å²) in [4.78, 5) is 9.21. The molecule has 4 heterocycles. The topological polar surface area (TPSA) is 60.6 Å². The molecule has 0 bridgehead atoms. The molecule has 5 rings (SSSR count). The minimum Gasteiger partial charge on any atom is -0.325 e. The smallest absolute Gasteiger partial charge is 0.160 e. The van der Waals surface area contributed by atoms with Gasteiger partial charge in [0.05, 0.1) is 12.2 Å². The van der Waals surface area contributed by atoms with E-state index in [1.54, 1.807) is 0 Å². The molecule has 144 valence electrons. The molecule has 0 atom stereocenters. The van der Waals surface area contributed by atoms with E-state index in [9.17, 15) is 0 Å². The highest BCUT2D eigenvalue weighted by Crippen LogP contribution is 2.23. The molecule has 0 unspecified atom stereocenters. The molecule has 1 aliphatic carbocycles. The van der Waals surface area contributed by atoms with Crippen LogP contribution in [0.4, 0.5) is 0 Å². The zero-order chi connectivity index (χ0) is 16.6. The fraction of sp³-hybridized carbons (Fsp3) is 0.421. The molecule has 0 radical (unpaired) electrons.